The molecule has 5 nitrogen and oxygen atoms in total. The highest BCUT2D eigenvalue weighted by Gasteiger charge is 2.29. The Labute approximate surface area is 147 Å². The van der Waals surface area contributed by atoms with Gasteiger partial charge in [0, 0.05) is 31.8 Å². The van der Waals surface area contributed by atoms with Crippen LogP contribution in [0, 0.1) is 5.92 Å². The second-order valence-corrected chi connectivity index (χ2v) is 6.49. The summed E-state index contributed by atoms with van der Waals surface area (Å²) in [4.78, 5) is 27.1. The van der Waals surface area contributed by atoms with Crippen LogP contribution in [0.1, 0.15) is 29.6 Å². The first kappa shape index (κ1) is 17.4. The molecule has 132 valence electrons. The number of nitrogens with one attached hydrogen (secondary N) is 1. The summed E-state index contributed by atoms with van der Waals surface area (Å²) < 4.78 is 0. The minimum Gasteiger partial charge on any atom is -0.396 e. The van der Waals surface area contributed by atoms with Crippen molar-refractivity contribution in [1.29, 1.82) is 0 Å². The van der Waals surface area contributed by atoms with Gasteiger partial charge in [-0.25, -0.2) is 0 Å². The monoisotopic (exact) mass is 340 g/mol. The molecule has 1 aliphatic rings. The van der Waals surface area contributed by atoms with Gasteiger partial charge in [0.1, 0.15) is 0 Å². The standard InChI is InChI=1S/C20H24N2O3/c23-13-5-11-21-19(24)16-8-4-12-22(14-16)20(25)18-10-3-7-15-6-1-2-9-17(15)18/h1-3,6-7,9-10,16,23H,4-5,8,11-14H2,(H,21,24). The van der Waals surface area contributed by atoms with Crippen LogP contribution >= 0.6 is 0 Å². The lowest BCUT2D eigenvalue weighted by molar-refractivity contribution is -0.126. The first-order chi connectivity index (χ1) is 12.2. The quantitative estimate of drug-likeness (QED) is 0.820. The van der Waals surface area contributed by atoms with E-state index in [0.29, 0.717) is 31.6 Å². The molecule has 1 atom stereocenters. The number of rotatable bonds is 5. The summed E-state index contributed by atoms with van der Waals surface area (Å²) in [6.45, 7) is 1.68. The van der Waals surface area contributed by atoms with Gasteiger partial charge in [-0.05, 0) is 36.1 Å². The lowest BCUT2D eigenvalue weighted by atomic mass is 9.95. The van der Waals surface area contributed by atoms with Crippen molar-refractivity contribution in [3.63, 3.8) is 0 Å². The summed E-state index contributed by atoms with van der Waals surface area (Å²) in [7, 11) is 0. The molecule has 2 aromatic carbocycles. The Balaban J connectivity index is 1.72. The van der Waals surface area contributed by atoms with Crippen molar-refractivity contribution in [2.75, 3.05) is 26.2 Å². The van der Waals surface area contributed by atoms with Crippen LogP contribution in [0.3, 0.4) is 0 Å². The number of aliphatic hydroxyl groups excluding tert-OH is 1. The number of benzene rings is 2. The highest BCUT2D eigenvalue weighted by molar-refractivity contribution is 6.07. The third-order valence-electron chi connectivity index (χ3n) is 4.73. The molecule has 0 aromatic heterocycles. The van der Waals surface area contributed by atoms with Crippen molar-refractivity contribution in [2.45, 2.75) is 19.3 Å². The molecular formula is C20H24N2O3. The Morgan fingerprint density at radius 1 is 1.16 bits per heavy atom. The molecule has 0 bridgehead atoms. The number of carbonyl (C=O) groups excluding carboxylic acids is 2. The normalized spacial score (nSPS) is 17.5. The van der Waals surface area contributed by atoms with E-state index in [1.165, 1.54) is 0 Å². The van der Waals surface area contributed by atoms with Crippen LogP contribution in [0.15, 0.2) is 42.5 Å². The summed E-state index contributed by atoms with van der Waals surface area (Å²) >= 11 is 0. The van der Waals surface area contributed by atoms with Gasteiger partial charge in [-0.15, -0.1) is 0 Å². The second kappa shape index (κ2) is 8.12. The smallest absolute Gasteiger partial charge is 0.254 e. The fraction of sp³-hybridized carbons (Fsp3) is 0.400. The average Bonchev–Trinajstić information content (AvgIpc) is 2.67. The summed E-state index contributed by atoms with van der Waals surface area (Å²) in [5.41, 5.74) is 0.694. The Hall–Kier alpha value is -2.40. The van der Waals surface area contributed by atoms with Gasteiger partial charge in [-0.3, -0.25) is 9.59 Å². The van der Waals surface area contributed by atoms with Gasteiger partial charge in [-0.2, -0.15) is 0 Å². The number of carbonyl (C=O) groups is 2. The van der Waals surface area contributed by atoms with Crippen molar-refractivity contribution in [1.82, 2.24) is 10.2 Å². The molecule has 25 heavy (non-hydrogen) atoms. The number of amides is 2. The Bertz CT molecular complexity index is 754. The minimum absolute atomic E-state index is 0.00958. The van der Waals surface area contributed by atoms with Gasteiger partial charge in [0.2, 0.25) is 5.91 Å². The molecule has 0 radical (unpaired) electrons. The van der Waals surface area contributed by atoms with Crippen molar-refractivity contribution >= 4 is 22.6 Å². The predicted molar refractivity (Wildman–Crippen MR) is 97.3 cm³/mol. The molecule has 5 heteroatoms. The topological polar surface area (TPSA) is 69.6 Å². The lowest BCUT2D eigenvalue weighted by Crippen LogP contribution is -2.45. The van der Waals surface area contributed by atoms with E-state index in [9.17, 15) is 9.59 Å². The van der Waals surface area contributed by atoms with Crippen LogP contribution in [-0.2, 0) is 4.79 Å². The minimum atomic E-state index is -0.175. The Morgan fingerprint density at radius 2 is 1.96 bits per heavy atom. The van der Waals surface area contributed by atoms with Crippen LogP contribution in [-0.4, -0.2) is 48.1 Å². The molecular weight excluding hydrogens is 316 g/mol. The molecule has 1 aliphatic heterocycles. The second-order valence-electron chi connectivity index (χ2n) is 6.49. The van der Waals surface area contributed by atoms with E-state index in [2.05, 4.69) is 5.32 Å². The molecule has 1 heterocycles. The number of fused-ring (bicyclic) bond motifs is 1. The number of nitrogens with zero attached hydrogens (tertiary/aromatic N) is 1. The zero-order valence-electron chi connectivity index (χ0n) is 14.3. The third kappa shape index (κ3) is 3.99. The number of likely N-dealkylation sites (tertiary alicyclic amines) is 1. The van der Waals surface area contributed by atoms with Gasteiger partial charge >= 0.3 is 0 Å². The van der Waals surface area contributed by atoms with E-state index < -0.39 is 0 Å². The van der Waals surface area contributed by atoms with Crippen LogP contribution < -0.4 is 5.32 Å². The van der Waals surface area contributed by atoms with Crippen molar-refractivity contribution in [2.24, 2.45) is 5.92 Å². The number of hydrogen-bond donors (Lipinski definition) is 2. The number of piperidine rings is 1. The molecule has 0 spiro atoms. The van der Waals surface area contributed by atoms with E-state index >= 15 is 0 Å². The molecule has 3 rings (SSSR count). The first-order valence-electron chi connectivity index (χ1n) is 8.86. The van der Waals surface area contributed by atoms with E-state index in [1.807, 2.05) is 42.5 Å². The molecule has 2 N–H and O–H groups in total. The Kier molecular flexibility index (Phi) is 5.66. The molecule has 0 saturated carbocycles. The summed E-state index contributed by atoms with van der Waals surface area (Å²) in [5, 5.41) is 13.7. The van der Waals surface area contributed by atoms with Crippen LogP contribution in [0.5, 0.6) is 0 Å². The fourth-order valence-electron chi connectivity index (χ4n) is 3.39. The molecule has 1 unspecified atom stereocenters. The van der Waals surface area contributed by atoms with E-state index in [1.54, 1.807) is 4.90 Å². The zero-order chi connectivity index (χ0) is 17.6. The van der Waals surface area contributed by atoms with E-state index in [4.69, 9.17) is 5.11 Å². The van der Waals surface area contributed by atoms with Crippen LogP contribution in [0.2, 0.25) is 0 Å². The van der Waals surface area contributed by atoms with Crippen molar-refractivity contribution < 1.29 is 14.7 Å². The largest absolute Gasteiger partial charge is 0.396 e. The highest BCUT2D eigenvalue weighted by atomic mass is 16.3. The van der Waals surface area contributed by atoms with Crippen molar-refractivity contribution in [3.8, 4) is 0 Å². The van der Waals surface area contributed by atoms with E-state index in [0.717, 1.165) is 23.6 Å². The first-order valence-corrected chi connectivity index (χ1v) is 8.86. The van der Waals surface area contributed by atoms with Crippen LogP contribution in [0.4, 0.5) is 0 Å². The van der Waals surface area contributed by atoms with Gasteiger partial charge in [-0.1, -0.05) is 36.4 Å². The van der Waals surface area contributed by atoms with Gasteiger partial charge in [0.15, 0.2) is 0 Å². The SMILES string of the molecule is O=C(NCCCO)C1CCCN(C(=O)c2cccc3ccccc23)C1. The highest BCUT2D eigenvalue weighted by Crippen LogP contribution is 2.23. The predicted octanol–water partition coefficient (Wildman–Crippen LogP) is 2.19. The molecule has 1 fully saturated rings. The third-order valence-corrected chi connectivity index (χ3v) is 4.73. The lowest BCUT2D eigenvalue weighted by Gasteiger charge is -2.32. The van der Waals surface area contributed by atoms with Gasteiger partial charge in [0.05, 0.1) is 5.92 Å². The van der Waals surface area contributed by atoms with Crippen LogP contribution in [0.25, 0.3) is 10.8 Å². The maximum absolute atomic E-state index is 13.0. The zero-order valence-corrected chi connectivity index (χ0v) is 14.3. The Morgan fingerprint density at radius 3 is 2.80 bits per heavy atom. The average molecular weight is 340 g/mol. The fourth-order valence-corrected chi connectivity index (χ4v) is 3.39. The summed E-state index contributed by atoms with van der Waals surface area (Å²) in [6, 6.07) is 13.6. The van der Waals surface area contributed by atoms with Gasteiger partial charge < -0.3 is 15.3 Å². The summed E-state index contributed by atoms with van der Waals surface area (Å²) in [6.07, 6.45) is 2.18. The maximum Gasteiger partial charge on any atom is 0.254 e. The van der Waals surface area contributed by atoms with Crippen molar-refractivity contribution in [3.05, 3.63) is 48.0 Å². The molecule has 2 amide bonds. The number of aliphatic hydroxyl groups is 1. The van der Waals surface area contributed by atoms with E-state index in [-0.39, 0.29) is 24.3 Å². The molecule has 1 saturated heterocycles. The number of hydrogen-bond acceptors (Lipinski definition) is 3. The van der Waals surface area contributed by atoms with Gasteiger partial charge in [0.25, 0.3) is 5.91 Å². The molecule has 2 aromatic rings. The molecule has 0 aliphatic carbocycles. The maximum atomic E-state index is 13.0. The summed E-state index contributed by atoms with van der Waals surface area (Å²) in [5.74, 6) is -0.208.